The van der Waals surface area contributed by atoms with Gasteiger partial charge in [-0.25, -0.2) is 0 Å². The first-order valence-electron chi connectivity index (χ1n) is 7.61. The Kier molecular flexibility index (Phi) is 8.79. The smallest absolute Gasteiger partial charge is 0.263 e. The monoisotopic (exact) mass is 333 g/mol. The highest BCUT2D eigenvalue weighted by Gasteiger charge is 2.08. The third-order valence-corrected chi connectivity index (χ3v) is 3.09. The second-order valence-corrected chi connectivity index (χ2v) is 4.69. The van der Waals surface area contributed by atoms with Crippen molar-refractivity contribution >= 4 is 11.6 Å². The normalized spacial score (nSPS) is 10.7. The van der Waals surface area contributed by atoms with Crippen LogP contribution in [0.3, 0.4) is 0 Å². The Hall–Kier alpha value is -2.72. The molecule has 1 aromatic rings. The van der Waals surface area contributed by atoms with Crippen LogP contribution in [0, 0.1) is 11.3 Å². The lowest BCUT2D eigenvalue weighted by atomic mass is 10.2. The average molecular weight is 333 g/mol. The van der Waals surface area contributed by atoms with Crippen molar-refractivity contribution in [2.45, 2.75) is 13.3 Å². The molecule has 0 fully saturated rings. The molecular formula is C17H23N3O4. The molecule has 0 aromatic heterocycles. The zero-order valence-corrected chi connectivity index (χ0v) is 14.2. The number of hydrogen-bond acceptors (Lipinski definition) is 6. The highest BCUT2D eigenvalue weighted by molar-refractivity contribution is 5.97. The fraction of sp³-hybridized carbons (Fsp3) is 0.412. The molecule has 2 N–H and O–H groups in total. The van der Waals surface area contributed by atoms with Gasteiger partial charge in [0.1, 0.15) is 11.6 Å². The number of carbonyl (C=O) groups excluding carboxylic acids is 1. The van der Waals surface area contributed by atoms with Crippen LogP contribution < -0.4 is 20.1 Å². The van der Waals surface area contributed by atoms with Crippen molar-refractivity contribution in [1.29, 1.82) is 5.26 Å². The van der Waals surface area contributed by atoms with Crippen molar-refractivity contribution in [1.82, 2.24) is 5.32 Å². The maximum atomic E-state index is 11.9. The minimum atomic E-state index is -0.429. The molecule has 130 valence electrons. The van der Waals surface area contributed by atoms with E-state index in [9.17, 15) is 4.79 Å². The van der Waals surface area contributed by atoms with Gasteiger partial charge in [0.05, 0.1) is 14.2 Å². The fourth-order valence-corrected chi connectivity index (χ4v) is 1.85. The molecule has 0 saturated carbocycles. The van der Waals surface area contributed by atoms with Crippen molar-refractivity contribution in [3.05, 3.63) is 30.0 Å². The summed E-state index contributed by atoms with van der Waals surface area (Å²) in [5.74, 6) is 0.719. The molecule has 7 nitrogen and oxygen atoms in total. The number of benzene rings is 1. The van der Waals surface area contributed by atoms with Crippen LogP contribution in [0.4, 0.5) is 5.69 Å². The Morgan fingerprint density at radius 3 is 2.67 bits per heavy atom. The molecule has 0 saturated heterocycles. The summed E-state index contributed by atoms with van der Waals surface area (Å²) in [5, 5.41) is 14.7. The number of nitriles is 1. The van der Waals surface area contributed by atoms with Crippen LogP contribution in [0.1, 0.15) is 13.3 Å². The Morgan fingerprint density at radius 2 is 2.04 bits per heavy atom. The largest absolute Gasteiger partial charge is 0.493 e. The molecule has 0 spiro atoms. The third-order valence-electron chi connectivity index (χ3n) is 3.09. The predicted octanol–water partition coefficient (Wildman–Crippen LogP) is 2.07. The van der Waals surface area contributed by atoms with Crippen molar-refractivity contribution in [2.75, 3.05) is 39.3 Å². The average Bonchev–Trinajstić information content (AvgIpc) is 2.61. The molecule has 0 radical (unpaired) electrons. The lowest BCUT2D eigenvalue weighted by Crippen LogP contribution is -2.26. The number of nitrogens with zero attached hydrogens (tertiary/aromatic N) is 1. The number of carbonyl (C=O) groups is 1. The van der Waals surface area contributed by atoms with Gasteiger partial charge in [0.15, 0.2) is 11.5 Å². The maximum absolute atomic E-state index is 11.9. The van der Waals surface area contributed by atoms with E-state index in [-0.39, 0.29) is 5.57 Å². The van der Waals surface area contributed by atoms with Gasteiger partial charge in [-0.15, -0.1) is 0 Å². The van der Waals surface area contributed by atoms with Gasteiger partial charge in [-0.3, -0.25) is 4.79 Å². The molecular weight excluding hydrogens is 310 g/mol. The van der Waals surface area contributed by atoms with Gasteiger partial charge in [0.2, 0.25) is 0 Å². The number of hydrogen-bond donors (Lipinski definition) is 2. The topological polar surface area (TPSA) is 92.6 Å². The Morgan fingerprint density at radius 1 is 1.29 bits per heavy atom. The van der Waals surface area contributed by atoms with Crippen LogP contribution in [-0.4, -0.2) is 39.9 Å². The lowest BCUT2D eigenvalue weighted by Gasteiger charge is -2.09. The summed E-state index contributed by atoms with van der Waals surface area (Å²) in [5.41, 5.74) is 0.658. The van der Waals surface area contributed by atoms with Gasteiger partial charge in [-0.1, -0.05) is 0 Å². The van der Waals surface area contributed by atoms with Crippen LogP contribution in [0.5, 0.6) is 11.5 Å². The van der Waals surface area contributed by atoms with Crippen LogP contribution in [0.15, 0.2) is 30.0 Å². The van der Waals surface area contributed by atoms with E-state index in [1.54, 1.807) is 25.3 Å². The molecule has 0 aliphatic heterocycles. The molecule has 0 unspecified atom stereocenters. The van der Waals surface area contributed by atoms with E-state index in [1.165, 1.54) is 13.3 Å². The summed E-state index contributed by atoms with van der Waals surface area (Å²) in [7, 11) is 3.09. The van der Waals surface area contributed by atoms with Gasteiger partial charge in [-0.2, -0.15) is 5.26 Å². The Bertz CT molecular complexity index is 608. The van der Waals surface area contributed by atoms with Crippen molar-refractivity contribution < 1.29 is 19.0 Å². The number of rotatable bonds is 10. The van der Waals surface area contributed by atoms with Crippen molar-refractivity contribution in [3.63, 3.8) is 0 Å². The van der Waals surface area contributed by atoms with Gasteiger partial charge in [0, 0.05) is 37.7 Å². The number of amides is 1. The van der Waals surface area contributed by atoms with E-state index in [4.69, 9.17) is 19.5 Å². The van der Waals surface area contributed by atoms with Gasteiger partial charge in [0.25, 0.3) is 5.91 Å². The molecule has 0 aliphatic rings. The molecule has 1 aromatic carbocycles. The molecule has 0 aliphatic carbocycles. The molecule has 0 heterocycles. The first kappa shape index (κ1) is 19.3. The highest BCUT2D eigenvalue weighted by Crippen LogP contribution is 2.29. The summed E-state index contributed by atoms with van der Waals surface area (Å²) in [6.07, 6.45) is 2.06. The molecule has 1 amide bonds. The van der Waals surface area contributed by atoms with Crippen molar-refractivity contribution in [3.8, 4) is 17.6 Å². The van der Waals surface area contributed by atoms with E-state index in [0.717, 1.165) is 0 Å². The second-order valence-electron chi connectivity index (χ2n) is 4.69. The number of anilines is 1. The van der Waals surface area contributed by atoms with E-state index < -0.39 is 5.91 Å². The number of nitrogens with one attached hydrogen (secondary N) is 2. The first-order chi connectivity index (χ1) is 11.7. The molecule has 0 atom stereocenters. The number of methoxy groups -OCH3 is 2. The maximum Gasteiger partial charge on any atom is 0.263 e. The Balaban J connectivity index is 2.62. The standard InChI is InChI=1S/C17H23N3O4/c1-4-24-9-5-8-19-17(21)13(11-18)12-20-14-6-7-15(22-2)16(10-14)23-3/h6-7,10,12,20H,4-5,8-9H2,1-3H3,(H,19,21)/b13-12-. The van der Waals surface area contributed by atoms with Gasteiger partial charge in [-0.05, 0) is 25.5 Å². The van der Waals surface area contributed by atoms with E-state index in [1.807, 2.05) is 13.0 Å². The van der Waals surface area contributed by atoms with Gasteiger partial charge >= 0.3 is 0 Å². The van der Waals surface area contributed by atoms with E-state index >= 15 is 0 Å². The first-order valence-corrected chi connectivity index (χ1v) is 7.61. The summed E-state index contributed by atoms with van der Waals surface area (Å²) in [4.78, 5) is 11.9. The van der Waals surface area contributed by atoms with Crippen molar-refractivity contribution in [2.24, 2.45) is 0 Å². The third kappa shape index (κ3) is 6.18. The zero-order valence-electron chi connectivity index (χ0n) is 14.2. The van der Waals surface area contributed by atoms with Crippen LogP contribution in [-0.2, 0) is 9.53 Å². The predicted molar refractivity (Wildman–Crippen MR) is 91.0 cm³/mol. The molecule has 24 heavy (non-hydrogen) atoms. The SMILES string of the molecule is CCOCCCNC(=O)/C(C#N)=C\Nc1ccc(OC)c(OC)c1. The van der Waals surface area contributed by atoms with Crippen LogP contribution in [0.2, 0.25) is 0 Å². The van der Waals surface area contributed by atoms with E-state index in [2.05, 4.69) is 10.6 Å². The summed E-state index contributed by atoms with van der Waals surface area (Å²) in [6.45, 7) is 3.59. The molecule has 0 bridgehead atoms. The molecule has 7 heteroatoms. The minimum Gasteiger partial charge on any atom is -0.493 e. The summed E-state index contributed by atoms with van der Waals surface area (Å²) < 4.78 is 15.5. The lowest BCUT2D eigenvalue weighted by molar-refractivity contribution is -0.117. The van der Waals surface area contributed by atoms with E-state index in [0.29, 0.717) is 43.4 Å². The van der Waals surface area contributed by atoms with Crippen LogP contribution >= 0.6 is 0 Å². The zero-order chi connectivity index (χ0) is 17.8. The minimum absolute atomic E-state index is 0.0128. The van der Waals surface area contributed by atoms with Gasteiger partial charge < -0.3 is 24.8 Å². The summed E-state index contributed by atoms with van der Waals surface area (Å²) >= 11 is 0. The fourth-order valence-electron chi connectivity index (χ4n) is 1.85. The summed E-state index contributed by atoms with van der Waals surface area (Å²) in [6, 6.07) is 7.08. The van der Waals surface area contributed by atoms with Crippen LogP contribution in [0.25, 0.3) is 0 Å². The number of ether oxygens (including phenoxy) is 3. The Labute approximate surface area is 142 Å². The molecule has 1 rings (SSSR count). The second kappa shape index (κ2) is 10.9. The highest BCUT2D eigenvalue weighted by atomic mass is 16.5. The quantitative estimate of drug-likeness (QED) is 0.387.